The summed E-state index contributed by atoms with van der Waals surface area (Å²) in [6, 6.07) is 21.3. The molecule has 6 aromatic rings. The summed E-state index contributed by atoms with van der Waals surface area (Å²) in [6.07, 6.45) is 8.15. The molecule has 0 radical (unpaired) electrons. The van der Waals surface area contributed by atoms with Gasteiger partial charge in [0.2, 0.25) is 17.7 Å². The third-order valence-corrected chi connectivity index (χ3v) is 10.1. The molecule has 0 aliphatic heterocycles. The molecule has 55 heavy (non-hydrogen) atoms. The number of nitrogen functional groups attached to an aromatic ring is 1. The molecular formula is C41H48N10O4. The predicted octanol–water partition coefficient (Wildman–Crippen LogP) is 4.39. The monoisotopic (exact) mass is 744 g/mol. The Morgan fingerprint density at radius 3 is 2.33 bits per heavy atom. The maximum absolute atomic E-state index is 14.7. The summed E-state index contributed by atoms with van der Waals surface area (Å²) in [5, 5.41) is 7.39. The Morgan fingerprint density at radius 1 is 1.00 bits per heavy atom. The first-order chi connectivity index (χ1) is 26.4. The average Bonchev–Trinajstić information content (AvgIpc) is 3.92. The van der Waals surface area contributed by atoms with Crippen molar-refractivity contribution in [3.63, 3.8) is 0 Å². The first-order valence-corrected chi connectivity index (χ1v) is 18.2. The van der Waals surface area contributed by atoms with Gasteiger partial charge in [-0.25, -0.2) is 9.97 Å². The van der Waals surface area contributed by atoms with Crippen molar-refractivity contribution in [2.75, 3.05) is 12.8 Å². The van der Waals surface area contributed by atoms with E-state index in [1.165, 1.54) is 0 Å². The quantitative estimate of drug-likeness (QED) is 0.104. The lowest BCUT2D eigenvalue weighted by molar-refractivity contribution is -0.135. The van der Waals surface area contributed by atoms with Crippen molar-refractivity contribution in [1.29, 1.82) is 0 Å². The zero-order valence-corrected chi connectivity index (χ0v) is 31.6. The van der Waals surface area contributed by atoms with Gasteiger partial charge in [-0.2, -0.15) is 4.98 Å². The Morgan fingerprint density at radius 2 is 1.71 bits per heavy atom. The molecule has 286 valence electrons. The molecule has 2 amide bonds. The van der Waals surface area contributed by atoms with Gasteiger partial charge in [-0.3, -0.25) is 9.59 Å². The summed E-state index contributed by atoms with van der Waals surface area (Å²) in [5.74, 6) is -0.712. The summed E-state index contributed by atoms with van der Waals surface area (Å²) in [4.78, 5) is 41.5. The number of nitrogens with two attached hydrogens (primary N) is 3. The van der Waals surface area contributed by atoms with Crippen molar-refractivity contribution >= 4 is 17.8 Å². The Balaban J connectivity index is 1.29. The van der Waals surface area contributed by atoms with E-state index >= 15 is 0 Å². The predicted molar refractivity (Wildman–Crippen MR) is 208 cm³/mol. The number of carbonyl (C=O) groups is 2. The van der Waals surface area contributed by atoms with Crippen LogP contribution in [0.5, 0.6) is 5.75 Å². The van der Waals surface area contributed by atoms with Crippen LogP contribution in [-0.2, 0) is 42.4 Å². The van der Waals surface area contributed by atoms with E-state index in [0.29, 0.717) is 42.6 Å². The van der Waals surface area contributed by atoms with Crippen molar-refractivity contribution in [2.24, 2.45) is 24.4 Å². The van der Waals surface area contributed by atoms with E-state index in [4.69, 9.17) is 31.4 Å². The average molecular weight is 745 g/mol. The van der Waals surface area contributed by atoms with Gasteiger partial charge in [0.05, 0.1) is 25.0 Å². The maximum atomic E-state index is 14.7. The van der Waals surface area contributed by atoms with Gasteiger partial charge in [0.15, 0.2) is 11.8 Å². The molecule has 0 fully saturated rings. The largest absolute Gasteiger partial charge is 0.497 e. The standard InChI is InChI=1S/C41H48N10O4/c1-26-19-32(54-4)20-27(2)33(26)23-34(41(44,39(42)53)15-8-17-51-18-16-45-40(51)43)37(52)47-35(22-31-24-50(3)25-46-31)38-48-36(49-55-38)21-28-11-13-30(14-12-28)29-9-6-5-7-10-29/h5-7,9-14,16,18-20,24-25,34-35H,8,15,17,21-23,44H2,1-4H3,(H2,42,53)(H2,43,45)(H,47,52)/t34-,35+,41?/m1/s1. The van der Waals surface area contributed by atoms with E-state index in [0.717, 1.165) is 33.4 Å². The molecule has 7 N–H and O–H groups in total. The van der Waals surface area contributed by atoms with Gasteiger partial charge in [0.1, 0.15) is 17.3 Å². The van der Waals surface area contributed by atoms with Gasteiger partial charge >= 0.3 is 0 Å². The van der Waals surface area contributed by atoms with Crippen molar-refractivity contribution in [3.05, 3.63) is 131 Å². The maximum Gasteiger partial charge on any atom is 0.249 e. The van der Waals surface area contributed by atoms with Crippen LogP contribution in [0.1, 0.15) is 58.5 Å². The number of hydrogen-bond donors (Lipinski definition) is 4. The molecule has 3 aromatic carbocycles. The number of rotatable bonds is 17. The Labute approximate surface area is 320 Å². The van der Waals surface area contributed by atoms with Gasteiger partial charge in [-0.15, -0.1) is 0 Å². The van der Waals surface area contributed by atoms with E-state index in [2.05, 4.69) is 44.7 Å². The van der Waals surface area contributed by atoms with Crippen LogP contribution >= 0.6 is 0 Å². The normalized spacial score (nSPS) is 13.5. The van der Waals surface area contributed by atoms with Gasteiger partial charge in [-0.05, 0) is 78.6 Å². The van der Waals surface area contributed by atoms with E-state index < -0.39 is 29.3 Å². The molecule has 0 aliphatic rings. The third-order valence-electron chi connectivity index (χ3n) is 10.1. The fourth-order valence-corrected chi connectivity index (χ4v) is 7.01. The number of anilines is 1. The molecule has 3 aromatic heterocycles. The van der Waals surface area contributed by atoms with Crippen LogP contribution in [-0.4, -0.2) is 53.7 Å². The smallest absolute Gasteiger partial charge is 0.249 e. The molecule has 0 spiro atoms. The molecule has 1 unspecified atom stereocenters. The molecule has 3 atom stereocenters. The molecule has 0 saturated heterocycles. The van der Waals surface area contributed by atoms with E-state index in [-0.39, 0.29) is 25.2 Å². The number of nitrogens with one attached hydrogen (secondary N) is 1. The lowest BCUT2D eigenvalue weighted by atomic mass is 9.75. The fourth-order valence-electron chi connectivity index (χ4n) is 7.01. The zero-order chi connectivity index (χ0) is 39.1. The minimum Gasteiger partial charge on any atom is -0.497 e. The van der Waals surface area contributed by atoms with Gasteiger partial charge in [0, 0.05) is 45.0 Å². The molecular weight excluding hydrogens is 697 g/mol. The van der Waals surface area contributed by atoms with E-state index in [9.17, 15) is 9.59 Å². The summed E-state index contributed by atoms with van der Waals surface area (Å²) < 4.78 is 14.9. The van der Waals surface area contributed by atoms with Crippen molar-refractivity contribution in [1.82, 2.24) is 34.6 Å². The van der Waals surface area contributed by atoms with Crippen LogP contribution in [0.3, 0.4) is 0 Å². The fraction of sp³-hybridized carbons (Fsp3) is 0.317. The van der Waals surface area contributed by atoms with Crippen LogP contribution in [0.4, 0.5) is 5.95 Å². The number of methoxy groups -OCH3 is 1. The molecule has 6 rings (SSSR count). The molecule has 0 saturated carbocycles. The number of primary amides is 1. The first kappa shape index (κ1) is 38.4. The minimum atomic E-state index is -1.75. The zero-order valence-electron chi connectivity index (χ0n) is 31.6. The number of nitrogens with zero attached hydrogens (tertiary/aromatic N) is 6. The van der Waals surface area contributed by atoms with Crippen LogP contribution in [0.15, 0.2) is 96.2 Å². The second-order valence-electron chi connectivity index (χ2n) is 14.1. The van der Waals surface area contributed by atoms with Crippen molar-refractivity contribution < 1.29 is 18.8 Å². The minimum absolute atomic E-state index is 0.102. The van der Waals surface area contributed by atoms with Gasteiger partial charge < -0.3 is 40.9 Å². The highest BCUT2D eigenvalue weighted by molar-refractivity contribution is 5.93. The second kappa shape index (κ2) is 16.8. The number of ether oxygens (including phenoxy) is 1. The van der Waals surface area contributed by atoms with Crippen LogP contribution in [0.25, 0.3) is 11.1 Å². The third kappa shape index (κ3) is 9.10. The number of aryl methyl sites for hydroxylation is 4. The Bertz CT molecular complexity index is 2200. The van der Waals surface area contributed by atoms with Gasteiger partial charge in [-0.1, -0.05) is 59.8 Å². The summed E-state index contributed by atoms with van der Waals surface area (Å²) in [6.45, 7) is 4.29. The molecule has 0 bridgehead atoms. The van der Waals surface area contributed by atoms with E-state index in [1.807, 2.05) is 74.1 Å². The summed E-state index contributed by atoms with van der Waals surface area (Å²) >= 11 is 0. The summed E-state index contributed by atoms with van der Waals surface area (Å²) in [5.41, 5.74) is 23.9. The highest BCUT2D eigenvalue weighted by Crippen LogP contribution is 2.31. The topological polar surface area (TPSA) is 208 Å². The lowest BCUT2D eigenvalue weighted by Gasteiger charge is -2.35. The SMILES string of the molecule is COc1cc(C)c(C[C@H](C(=O)N[C@@H](Cc2cn(C)cn2)c2nc(Cc3ccc(-c4ccccc4)cc3)no2)C(N)(CCCn2ccnc2N)C(N)=O)c(C)c1. The molecule has 14 nitrogen and oxygen atoms in total. The number of hydrogen-bond acceptors (Lipinski definition) is 10. The Hall–Kier alpha value is -6.28. The van der Waals surface area contributed by atoms with Gasteiger partial charge in [0.25, 0.3) is 0 Å². The number of aromatic nitrogens is 6. The number of benzene rings is 3. The van der Waals surface area contributed by atoms with Crippen LogP contribution < -0.4 is 27.3 Å². The molecule has 14 heteroatoms. The highest BCUT2D eigenvalue weighted by atomic mass is 16.5. The number of imidazole rings is 2. The second-order valence-corrected chi connectivity index (χ2v) is 14.1. The number of amides is 2. The molecule has 0 aliphatic carbocycles. The van der Waals surface area contributed by atoms with E-state index in [1.54, 1.807) is 30.4 Å². The first-order valence-electron chi connectivity index (χ1n) is 18.2. The summed E-state index contributed by atoms with van der Waals surface area (Å²) in [7, 11) is 3.46. The lowest BCUT2D eigenvalue weighted by Crippen LogP contribution is -2.62. The number of carbonyl (C=O) groups excluding carboxylic acids is 2. The van der Waals surface area contributed by atoms with Crippen molar-refractivity contribution in [3.8, 4) is 16.9 Å². The van der Waals surface area contributed by atoms with Crippen molar-refractivity contribution in [2.45, 2.75) is 64.1 Å². The van der Waals surface area contributed by atoms with Crippen LogP contribution in [0, 0.1) is 19.8 Å². The highest BCUT2D eigenvalue weighted by Gasteiger charge is 2.45. The molecule has 3 heterocycles. The Kier molecular flexibility index (Phi) is 11.7. The van der Waals surface area contributed by atoms with Crippen LogP contribution in [0.2, 0.25) is 0 Å².